The second-order valence-electron chi connectivity index (χ2n) is 28.3. The first-order valence-corrected chi connectivity index (χ1v) is 35.3. The number of carboxylic acids is 2. The average molecular weight is 1420 g/mol. The van der Waals surface area contributed by atoms with Crippen molar-refractivity contribution in [3.63, 3.8) is 0 Å². The summed E-state index contributed by atoms with van der Waals surface area (Å²) in [6, 6.07) is 4.98. The number of fused-ring (bicyclic) bond motifs is 1. The number of phosphoric acid groups is 1. The van der Waals surface area contributed by atoms with Crippen LogP contribution in [0, 0.1) is 29.1 Å². The molecule has 0 radical (unpaired) electrons. The molecule has 560 valence electrons. The Morgan fingerprint density at radius 2 is 1.26 bits per heavy atom. The minimum absolute atomic E-state index is 0.0990. The molecule has 5 unspecified atom stereocenters. The minimum Gasteiger partial charge on any atom is -0.479 e. The van der Waals surface area contributed by atoms with E-state index >= 15 is 0 Å². The molecule has 5 saturated heterocycles. The zero-order chi connectivity index (χ0) is 72.7. The molecule has 0 bridgehead atoms. The molecule has 5 heterocycles. The van der Waals surface area contributed by atoms with Crippen LogP contribution in [0.15, 0.2) is 30.3 Å². The van der Waals surface area contributed by atoms with E-state index in [0.717, 1.165) is 64.7 Å². The number of amides is 4. The topological polar surface area (TPSA) is 477 Å². The number of aliphatic hydroxyl groups excluding tert-OH is 4. The molecule has 0 aromatic heterocycles. The summed E-state index contributed by atoms with van der Waals surface area (Å²) in [5.74, 6) is -4.03. The molecule has 5 fully saturated rings. The van der Waals surface area contributed by atoms with Gasteiger partial charge < -0.3 is 115 Å². The van der Waals surface area contributed by atoms with Crippen LogP contribution in [0.5, 0.6) is 0 Å². The van der Waals surface area contributed by atoms with Gasteiger partial charge in [-0.05, 0) is 62.2 Å². The van der Waals surface area contributed by atoms with E-state index in [0.29, 0.717) is 17.9 Å². The molecule has 1 aromatic rings. The van der Waals surface area contributed by atoms with E-state index in [1.165, 1.54) is 45.4 Å². The van der Waals surface area contributed by atoms with Crippen LogP contribution in [0.3, 0.4) is 0 Å². The van der Waals surface area contributed by atoms with Gasteiger partial charge in [-0.15, -0.1) is 0 Å². The SMILES string of the molecule is CC(=O)N[C@H]1[C@H](O[C@H]2[C@H](O)[C@@H](NC(C)=O)[C@H](O[C@H]3[C@@H](OP(=O)(O)OC[C@H](OCCC(C)CCCCC(C)(C)CCC(C)CCC(C)CCCC(C)C)C(=O)O)O[C@H](C(=O)O)[C@@](C)(O)[C@@H]3OC(N)=O)O[C@@H]2CO)O[C@H](C)[C@@H](O[C@@H]2O[C@H](C(N)=O)[C@@H]3OC(c4ccccc4)O[C@@H]3[C@H]2O)[C@@H]1O. The summed E-state index contributed by atoms with van der Waals surface area (Å²) in [6.07, 6.45) is -23.7. The third-order valence-corrected chi connectivity index (χ3v) is 19.6. The van der Waals surface area contributed by atoms with Crippen molar-refractivity contribution in [2.24, 2.45) is 40.6 Å². The maximum absolute atomic E-state index is 13.9. The van der Waals surface area contributed by atoms with Gasteiger partial charge in [0, 0.05) is 26.0 Å². The quantitative estimate of drug-likeness (QED) is 0.0334. The van der Waals surface area contributed by atoms with Crippen molar-refractivity contribution in [2.45, 2.75) is 288 Å². The van der Waals surface area contributed by atoms with E-state index in [9.17, 15) is 74.0 Å². The number of aliphatic hydroxyl groups is 5. The molecule has 32 nitrogen and oxygen atoms in total. The first-order valence-electron chi connectivity index (χ1n) is 33.8. The van der Waals surface area contributed by atoms with Gasteiger partial charge >= 0.3 is 25.9 Å². The van der Waals surface area contributed by atoms with E-state index in [2.05, 4.69) is 52.2 Å². The maximum atomic E-state index is 13.9. The van der Waals surface area contributed by atoms with Gasteiger partial charge in [-0.1, -0.05) is 137 Å². The number of aliphatic carboxylic acids is 2. The van der Waals surface area contributed by atoms with Gasteiger partial charge in [-0.2, -0.15) is 0 Å². The Kier molecular flexibility index (Phi) is 31.1. The number of ether oxygens (including phenoxy) is 11. The largest absolute Gasteiger partial charge is 0.479 e. The Hall–Kier alpha value is -4.65. The van der Waals surface area contributed by atoms with Crippen LogP contribution in [-0.4, -0.2) is 225 Å². The number of benzene rings is 1. The third kappa shape index (κ3) is 23.2. The summed E-state index contributed by atoms with van der Waals surface area (Å²) < 4.78 is 89.0. The molecule has 0 saturated carbocycles. The maximum Gasteiger partial charge on any atom is 0.474 e. The molecule has 0 spiro atoms. The van der Waals surface area contributed by atoms with Crippen molar-refractivity contribution in [1.29, 1.82) is 0 Å². The molecular formula is C65H107N4O28P. The molecule has 5 aliphatic rings. The lowest BCUT2D eigenvalue weighted by Gasteiger charge is -2.51. The second-order valence-corrected chi connectivity index (χ2v) is 29.7. The fourth-order valence-corrected chi connectivity index (χ4v) is 13.8. The summed E-state index contributed by atoms with van der Waals surface area (Å²) >= 11 is 0. The Morgan fingerprint density at radius 1 is 0.684 bits per heavy atom. The summed E-state index contributed by atoms with van der Waals surface area (Å²) in [5.41, 5.74) is 8.92. The van der Waals surface area contributed by atoms with E-state index in [1.807, 2.05) is 6.92 Å². The summed E-state index contributed by atoms with van der Waals surface area (Å²) in [6.45, 7) is 17.7. The number of hydrogen-bond acceptors (Lipinski definition) is 25. The van der Waals surface area contributed by atoms with Gasteiger partial charge in [0.05, 0.1) is 19.3 Å². The van der Waals surface area contributed by atoms with Gasteiger partial charge in [-0.3, -0.25) is 23.4 Å². The second kappa shape index (κ2) is 37.0. The number of phosphoric ester groups is 1. The zero-order valence-corrected chi connectivity index (χ0v) is 58.7. The molecule has 4 amide bonds. The number of carbonyl (C=O) groups excluding carboxylic acids is 4. The highest BCUT2D eigenvalue weighted by atomic mass is 31.2. The van der Waals surface area contributed by atoms with Gasteiger partial charge in [0.1, 0.15) is 66.5 Å². The normalized spacial score (nSPS) is 34.7. The van der Waals surface area contributed by atoms with E-state index in [-0.39, 0.29) is 17.9 Å². The molecule has 5 aliphatic heterocycles. The van der Waals surface area contributed by atoms with E-state index in [1.54, 1.807) is 30.3 Å². The molecule has 0 aliphatic carbocycles. The highest BCUT2D eigenvalue weighted by Gasteiger charge is 2.63. The van der Waals surface area contributed by atoms with Crippen LogP contribution < -0.4 is 22.1 Å². The molecule has 33 heteroatoms. The van der Waals surface area contributed by atoms with Crippen LogP contribution in [0.2, 0.25) is 0 Å². The van der Waals surface area contributed by atoms with Gasteiger partial charge in [0.2, 0.25) is 17.7 Å². The minimum atomic E-state index is -5.72. The van der Waals surface area contributed by atoms with Crippen molar-refractivity contribution < 1.29 is 135 Å². The highest BCUT2D eigenvalue weighted by Crippen LogP contribution is 2.49. The molecule has 98 heavy (non-hydrogen) atoms. The number of rotatable bonds is 38. The first-order chi connectivity index (χ1) is 45.9. The lowest BCUT2D eigenvalue weighted by atomic mass is 9.79. The number of nitrogens with one attached hydrogen (secondary N) is 2. The number of nitrogens with two attached hydrogens (primary N) is 2. The molecular weight excluding hydrogens is 1320 g/mol. The number of primary amides is 2. The van der Waals surface area contributed by atoms with Gasteiger partial charge in [-0.25, -0.2) is 18.9 Å². The van der Waals surface area contributed by atoms with Crippen molar-refractivity contribution in [1.82, 2.24) is 10.6 Å². The van der Waals surface area contributed by atoms with Crippen LogP contribution in [0.25, 0.3) is 0 Å². The molecule has 1 aromatic carbocycles. The smallest absolute Gasteiger partial charge is 0.474 e. The van der Waals surface area contributed by atoms with Crippen LogP contribution in [-0.2, 0) is 89.7 Å². The van der Waals surface area contributed by atoms with Crippen molar-refractivity contribution in [3.05, 3.63) is 35.9 Å². The van der Waals surface area contributed by atoms with Crippen LogP contribution in [0.4, 0.5) is 4.79 Å². The van der Waals surface area contributed by atoms with E-state index in [4.69, 9.17) is 72.6 Å². The Labute approximate surface area is 571 Å². The van der Waals surface area contributed by atoms with E-state index < -0.39 is 191 Å². The monoisotopic (exact) mass is 1420 g/mol. The van der Waals surface area contributed by atoms with Crippen LogP contribution >= 0.6 is 7.82 Å². The standard InChI is InChI=1S/C65H107N4O28P/c1-32(2)18-17-20-33(3)23-24-35(5)25-28-64(9,10)27-16-15-19-34(4)26-29-85-41(56(77)78)31-86-98(83,84)97-62-52(53(96-63(67)81)65(11,82)54(95-62)57(79)80)94-60-43(69-38(8)72)45(74)48(40(30-70)88-60)90-59-42(68-37(7)71)44(73)47(36(6)87-59)89-61-46(75)49-50(51(93-61)55(66)76)92-58(91-49)39-21-13-12-14-22-39/h12-14,21-22,32-36,40-54,58-62,70,73-75,82H,15-20,23-31H2,1-11H3,(H2,66,76)(H2,67,81)(H,68,71)(H,69,72)(H,77,78)(H,79,80)(H,83,84)/t33?,34?,35?,36-,40-,41+,42-,43-,44-,45-,46-,47-,48-,49-,50-,51+,52-,53-,54-,58?,59+,60+,61-,62-,65+/m1/s1. The predicted octanol–water partition coefficient (Wildman–Crippen LogP) is 3.29. The number of hydrogen-bond donors (Lipinski definition) is 12. The Morgan fingerprint density at radius 3 is 1.84 bits per heavy atom. The molecule has 14 N–H and O–H groups in total. The van der Waals surface area contributed by atoms with Crippen molar-refractivity contribution in [3.8, 4) is 0 Å². The van der Waals surface area contributed by atoms with Gasteiger partial charge in [0.25, 0.3) is 0 Å². The zero-order valence-electron chi connectivity index (χ0n) is 57.8. The Bertz CT molecular complexity index is 2770. The number of carboxylic acid groups (broad SMARTS) is 2. The number of carbonyl (C=O) groups is 6. The molecule has 26 atom stereocenters. The predicted molar refractivity (Wildman–Crippen MR) is 342 cm³/mol. The summed E-state index contributed by atoms with van der Waals surface area (Å²) in [5, 5.41) is 83.7. The summed E-state index contributed by atoms with van der Waals surface area (Å²) in [4.78, 5) is 87.4. The molecule has 6 rings (SSSR count). The lowest BCUT2D eigenvalue weighted by Crippen LogP contribution is -2.72. The fourth-order valence-electron chi connectivity index (χ4n) is 12.9. The van der Waals surface area contributed by atoms with Crippen LogP contribution in [0.1, 0.15) is 165 Å². The van der Waals surface area contributed by atoms with Crippen molar-refractivity contribution in [2.75, 3.05) is 19.8 Å². The highest BCUT2D eigenvalue weighted by molar-refractivity contribution is 7.47. The van der Waals surface area contributed by atoms with Gasteiger partial charge in [0.15, 0.2) is 62.0 Å². The average Bonchev–Trinajstić information content (AvgIpc) is 0.971. The van der Waals surface area contributed by atoms with Crippen molar-refractivity contribution >= 4 is 43.6 Å². The first kappa shape index (κ1) is 82.3. The summed E-state index contributed by atoms with van der Waals surface area (Å²) in [7, 11) is -5.72. The number of unbranched alkanes of at least 4 members (excludes halogenated alkanes) is 1. The Balaban J connectivity index is 1.11. The fraction of sp³-hybridized carbons (Fsp3) is 0.815. The lowest BCUT2D eigenvalue weighted by molar-refractivity contribution is -0.370. The third-order valence-electron chi connectivity index (χ3n) is 18.7.